The maximum absolute atomic E-state index is 4.40. The molecule has 0 amide bonds. The van der Waals surface area contributed by atoms with Crippen LogP contribution >= 0.6 is 11.3 Å². The molecule has 2 aromatic heterocycles. The van der Waals surface area contributed by atoms with E-state index in [1.54, 1.807) is 11.3 Å². The van der Waals surface area contributed by atoms with Crippen LogP contribution < -0.4 is 0 Å². The van der Waals surface area contributed by atoms with Crippen LogP contribution in [0.3, 0.4) is 0 Å². The molecule has 0 aliphatic heterocycles. The number of hydrogen-bond donors (Lipinski definition) is 0. The molecule has 3 rings (SSSR count). The maximum atomic E-state index is 4.40. The summed E-state index contributed by atoms with van der Waals surface area (Å²) in [5.41, 5.74) is 3.63. The molecule has 0 atom stereocenters. The van der Waals surface area contributed by atoms with Crippen LogP contribution in [-0.4, -0.2) is 9.38 Å². The highest BCUT2D eigenvalue weighted by atomic mass is 32.1. The summed E-state index contributed by atoms with van der Waals surface area (Å²) in [5.74, 6) is 0. The number of aromatic nitrogens is 2. The van der Waals surface area contributed by atoms with Crippen molar-refractivity contribution in [3.63, 3.8) is 0 Å². The maximum Gasteiger partial charge on any atom is 0.194 e. The normalized spacial score (nSPS) is 11.0. The number of aryl methyl sites for hydroxylation is 1. The highest BCUT2D eigenvalue weighted by Crippen LogP contribution is 2.25. The average molecular weight is 214 g/mol. The van der Waals surface area contributed by atoms with Crippen molar-refractivity contribution in [3.8, 4) is 11.3 Å². The van der Waals surface area contributed by atoms with E-state index in [2.05, 4.69) is 46.0 Å². The van der Waals surface area contributed by atoms with Gasteiger partial charge in [-0.2, -0.15) is 0 Å². The lowest BCUT2D eigenvalue weighted by Crippen LogP contribution is -1.87. The minimum absolute atomic E-state index is 1.06. The predicted molar refractivity (Wildman–Crippen MR) is 63.2 cm³/mol. The summed E-state index contributed by atoms with van der Waals surface area (Å²) >= 11 is 1.68. The summed E-state index contributed by atoms with van der Waals surface area (Å²) in [5, 5.41) is 2.13. The molecule has 0 radical (unpaired) electrons. The zero-order chi connectivity index (χ0) is 10.3. The van der Waals surface area contributed by atoms with Gasteiger partial charge in [0.1, 0.15) is 0 Å². The van der Waals surface area contributed by atoms with Gasteiger partial charge in [0.15, 0.2) is 4.96 Å². The van der Waals surface area contributed by atoms with Crippen molar-refractivity contribution in [2.75, 3.05) is 0 Å². The molecule has 0 saturated heterocycles. The van der Waals surface area contributed by atoms with E-state index < -0.39 is 0 Å². The van der Waals surface area contributed by atoms with Crippen LogP contribution in [0.2, 0.25) is 0 Å². The van der Waals surface area contributed by atoms with Gasteiger partial charge in [-0.15, -0.1) is 11.3 Å². The highest BCUT2D eigenvalue weighted by Gasteiger charge is 2.08. The van der Waals surface area contributed by atoms with Crippen molar-refractivity contribution >= 4 is 16.3 Å². The van der Waals surface area contributed by atoms with Gasteiger partial charge in [0.05, 0.1) is 11.9 Å². The molecule has 0 N–H and O–H groups in total. The Bertz CT molecular complexity index is 592. The van der Waals surface area contributed by atoms with Crippen molar-refractivity contribution in [1.29, 1.82) is 0 Å². The number of thiazole rings is 1. The van der Waals surface area contributed by atoms with Crippen LogP contribution in [0, 0.1) is 6.92 Å². The first-order valence-corrected chi connectivity index (χ1v) is 5.71. The summed E-state index contributed by atoms with van der Waals surface area (Å²) in [6.45, 7) is 2.11. The Kier molecular flexibility index (Phi) is 1.86. The Morgan fingerprint density at radius 2 is 2.00 bits per heavy atom. The Morgan fingerprint density at radius 3 is 2.80 bits per heavy atom. The molecule has 2 nitrogen and oxygen atoms in total. The molecule has 3 aromatic rings. The van der Waals surface area contributed by atoms with E-state index in [1.165, 1.54) is 17.0 Å². The number of rotatable bonds is 1. The van der Waals surface area contributed by atoms with E-state index in [1.807, 2.05) is 12.3 Å². The van der Waals surface area contributed by atoms with Gasteiger partial charge in [-0.3, -0.25) is 4.40 Å². The molecule has 2 heterocycles. The van der Waals surface area contributed by atoms with Crippen molar-refractivity contribution in [2.24, 2.45) is 0 Å². The largest absolute Gasteiger partial charge is 0.288 e. The molecular weight excluding hydrogens is 204 g/mol. The van der Waals surface area contributed by atoms with Crippen molar-refractivity contribution in [1.82, 2.24) is 9.38 Å². The second-order valence-corrected chi connectivity index (χ2v) is 4.34. The third kappa shape index (κ3) is 1.27. The van der Waals surface area contributed by atoms with Crippen LogP contribution in [0.5, 0.6) is 0 Å². The third-order valence-electron chi connectivity index (χ3n) is 2.49. The van der Waals surface area contributed by atoms with E-state index in [0.29, 0.717) is 0 Å². The number of imidazole rings is 1. The molecule has 0 fully saturated rings. The van der Waals surface area contributed by atoms with Gasteiger partial charge in [-0.25, -0.2) is 4.98 Å². The first kappa shape index (κ1) is 8.68. The summed E-state index contributed by atoms with van der Waals surface area (Å²) in [7, 11) is 0. The topological polar surface area (TPSA) is 17.3 Å². The second kappa shape index (κ2) is 3.21. The van der Waals surface area contributed by atoms with Gasteiger partial charge in [0.2, 0.25) is 0 Å². The summed E-state index contributed by atoms with van der Waals surface area (Å²) in [6, 6.07) is 10.4. The van der Waals surface area contributed by atoms with Crippen molar-refractivity contribution in [2.45, 2.75) is 6.92 Å². The third-order valence-corrected chi connectivity index (χ3v) is 3.44. The number of nitrogens with zero attached hydrogens (tertiary/aromatic N) is 2. The molecule has 0 aliphatic carbocycles. The summed E-state index contributed by atoms with van der Waals surface area (Å²) < 4.78 is 2.19. The highest BCUT2D eigenvalue weighted by molar-refractivity contribution is 7.15. The zero-order valence-corrected chi connectivity index (χ0v) is 9.16. The number of hydrogen-bond acceptors (Lipinski definition) is 2. The summed E-state index contributed by atoms with van der Waals surface area (Å²) in [6.07, 6.45) is 1.94. The molecule has 0 bridgehead atoms. The molecular formula is C12H10N2S. The van der Waals surface area contributed by atoms with Gasteiger partial charge >= 0.3 is 0 Å². The predicted octanol–water partition coefficient (Wildman–Crippen LogP) is 3.37. The number of fused-ring (bicyclic) bond motifs is 1. The molecule has 74 valence electrons. The molecule has 0 spiro atoms. The van der Waals surface area contributed by atoms with Gasteiger partial charge in [0, 0.05) is 16.6 Å². The fourth-order valence-corrected chi connectivity index (χ4v) is 2.60. The molecule has 3 heteroatoms. The van der Waals surface area contributed by atoms with Crippen LogP contribution in [0.4, 0.5) is 0 Å². The van der Waals surface area contributed by atoms with Crippen molar-refractivity contribution in [3.05, 3.63) is 47.6 Å². The van der Waals surface area contributed by atoms with Gasteiger partial charge < -0.3 is 0 Å². The number of benzene rings is 1. The lowest BCUT2D eigenvalue weighted by molar-refractivity contribution is 1.14. The second-order valence-electron chi connectivity index (χ2n) is 3.50. The van der Waals surface area contributed by atoms with E-state index in [0.717, 1.165) is 4.96 Å². The van der Waals surface area contributed by atoms with Gasteiger partial charge in [-0.05, 0) is 6.92 Å². The van der Waals surface area contributed by atoms with Crippen molar-refractivity contribution < 1.29 is 0 Å². The van der Waals surface area contributed by atoms with E-state index >= 15 is 0 Å². The summed E-state index contributed by atoms with van der Waals surface area (Å²) in [4.78, 5) is 5.46. The van der Waals surface area contributed by atoms with Gasteiger partial charge in [-0.1, -0.05) is 30.3 Å². The average Bonchev–Trinajstić information content (AvgIpc) is 2.84. The standard InChI is InChI=1S/C12H10N2S/c1-9-8-15-12-13-7-11(14(9)12)10-5-3-2-4-6-10/h2-8H,1H3. The minimum Gasteiger partial charge on any atom is -0.288 e. The minimum atomic E-state index is 1.06. The fourth-order valence-electron chi connectivity index (χ4n) is 1.76. The smallest absolute Gasteiger partial charge is 0.194 e. The van der Waals surface area contributed by atoms with Crippen LogP contribution in [-0.2, 0) is 0 Å². The first-order valence-electron chi connectivity index (χ1n) is 4.83. The van der Waals surface area contributed by atoms with Crippen LogP contribution in [0.25, 0.3) is 16.2 Å². The van der Waals surface area contributed by atoms with E-state index in [4.69, 9.17) is 0 Å². The Balaban J connectivity index is 2.31. The quantitative estimate of drug-likeness (QED) is 0.607. The van der Waals surface area contributed by atoms with E-state index in [9.17, 15) is 0 Å². The Morgan fingerprint density at radius 1 is 1.20 bits per heavy atom. The lowest BCUT2D eigenvalue weighted by Gasteiger charge is -2.00. The molecule has 0 saturated carbocycles. The van der Waals surface area contributed by atoms with Crippen LogP contribution in [0.15, 0.2) is 41.9 Å². The Hall–Kier alpha value is -1.61. The van der Waals surface area contributed by atoms with Crippen LogP contribution in [0.1, 0.15) is 5.69 Å². The lowest BCUT2D eigenvalue weighted by atomic mass is 10.2. The monoisotopic (exact) mass is 214 g/mol. The Labute approximate surface area is 91.8 Å². The molecule has 0 aliphatic rings. The SMILES string of the molecule is Cc1csc2ncc(-c3ccccc3)n12. The molecule has 15 heavy (non-hydrogen) atoms. The fraction of sp³-hybridized carbons (Fsp3) is 0.0833. The zero-order valence-electron chi connectivity index (χ0n) is 8.34. The first-order chi connectivity index (χ1) is 7.36. The molecule has 1 aromatic carbocycles. The molecule has 0 unspecified atom stereocenters. The van der Waals surface area contributed by atoms with Gasteiger partial charge in [0.25, 0.3) is 0 Å². The van der Waals surface area contributed by atoms with E-state index in [-0.39, 0.29) is 0 Å².